The third-order valence-corrected chi connectivity index (χ3v) is 7.52. The maximum atomic E-state index is 13.2. The van der Waals surface area contributed by atoms with Crippen LogP contribution < -0.4 is 4.72 Å². The number of benzene rings is 1. The second kappa shape index (κ2) is 7.97. The van der Waals surface area contributed by atoms with Crippen LogP contribution in [0.1, 0.15) is 28.4 Å². The van der Waals surface area contributed by atoms with Gasteiger partial charge in [0.25, 0.3) is 15.9 Å². The van der Waals surface area contributed by atoms with Gasteiger partial charge in [-0.05, 0) is 44.0 Å². The molecule has 1 aliphatic rings. The van der Waals surface area contributed by atoms with Crippen LogP contribution in [0, 0.1) is 12.7 Å². The van der Waals surface area contributed by atoms with Crippen molar-refractivity contribution in [2.45, 2.75) is 24.7 Å². The Morgan fingerprint density at radius 2 is 2.00 bits per heavy atom. The average molecular weight is 471 g/mol. The number of rotatable bonds is 5. The molecule has 12 heteroatoms. The van der Waals surface area contributed by atoms with E-state index in [2.05, 4.69) is 14.9 Å². The van der Waals surface area contributed by atoms with E-state index in [1.54, 1.807) is 11.8 Å². The van der Waals surface area contributed by atoms with Gasteiger partial charge in [-0.1, -0.05) is 11.6 Å². The number of carbonyl (C=O) groups is 1. The van der Waals surface area contributed by atoms with E-state index in [-0.39, 0.29) is 33.3 Å². The molecule has 0 aliphatic carbocycles. The van der Waals surface area contributed by atoms with Crippen molar-refractivity contribution in [2.75, 3.05) is 17.8 Å². The topological polar surface area (TPSA) is 105 Å². The minimum atomic E-state index is -4.00. The first-order valence-corrected chi connectivity index (χ1v) is 11.6. The summed E-state index contributed by atoms with van der Waals surface area (Å²) >= 11 is 7.05. The quantitative estimate of drug-likeness (QED) is 0.605. The zero-order chi connectivity index (χ0) is 21.5. The Balaban J connectivity index is 1.59. The monoisotopic (exact) mass is 470 g/mol. The zero-order valence-electron chi connectivity index (χ0n) is 15.7. The molecule has 8 nitrogen and oxygen atoms in total. The maximum absolute atomic E-state index is 13.2. The molecular formula is C18H16ClFN4O4S2. The molecule has 4 rings (SSSR count). The lowest BCUT2D eigenvalue weighted by atomic mass is 10.3. The molecule has 30 heavy (non-hydrogen) atoms. The highest BCUT2D eigenvalue weighted by atomic mass is 35.5. The van der Waals surface area contributed by atoms with Crippen LogP contribution in [0.25, 0.3) is 10.8 Å². The van der Waals surface area contributed by atoms with Gasteiger partial charge < -0.3 is 9.32 Å². The Morgan fingerprint density at radius 1 is 1.27 bits per heavy atom. The van der Waals surface area contributed by atoms with Crippen molar-refractivity contribution in [1.29, 1.82) is 0 Å². The number of amides is 1. The van der Waals surface area contributed by atoms with Crippen molar-refractivity contribution in [2.24, 2.45) is 0 Å². The molecule has 1 aliphatic heterocycles. The average Bonchev–Trinajstić information content (AvgIpc) is 3.43. The van der Waals surface area contributed by atoms with Crippen molar-refractivity contribution < 1.29 is 22.0 Å². The normalized spacial score (nSPS) is 14.3. The first-order chi connectivity index (χ1) is 14.2. The van der Waals surface area contributed by atoms with Crippen molar-refractivity contribution in [3.63, 3.8) is 0 Å². The number of aromatic nitrogens is 2. The molecular weight excluding hydrogens is 455 g/mol. The van der Waals surface area contributed by atoms with Crippen molar-refractivity contribution in [3.8, 4) is 10.8 Å². The second-order valence-corrected chi connectivity index (χ2v) is 9.99. The number of hydrogen-bond donors (Lipinski definition) is 1. The lowest BCUT2D eigenvalue weighted by molar-refractivity contribution is 0.0754. The molecule has 1 N–H and O–H groups in total. The number of aryl methyl sites for hydroxylation is 1. The lowest BCUT2D eigenvalue weighted by Crippen LogP contribution is -2.27. The highest BCUT2D eigenvalue weighted by Gasteiger charge is 2.27. The smallest absolute Gasteiger partial charge is 0.311 e. The number of carbonyl (C=O) groups excluding carboxylic acids is 1. The van der Waals surface area contributed by atoms with Gasteiger partial charge in [-0.25, -0.2) is 12.8 Å². The standard InChI is InChI=1S/C18H16ClFN4O4S2/c1-10-15(30(26,27)23-13-5-4-11(20)8-12(13)19)9-14(29-10)16-21-22-17(28-16)18(25)24-6-2-3-7-24/h4-5,8-9,23H,2-3,6-7H2,1H3. The number of nitrogens with zero attached hydrogens (tertiary/aromatic N) is 3. The van der Waals surface area contributed by atoms with Gasteiger partial charge in [0.05, 0.1) is 15.6 Å². The summed E-state index contributed by atoms with van der Waals surface area (Å²) in [5.41, 5.74) is 0.0569. The van der Waals surface area contributed by atoms with E-state index in [9.17, 15) is 17.6 Å². The fourth-order valence-corrected chi connectivity index (χ4v) is 5.94. The lowest BCUT2D eigenvalue weighted by Gasteiger charge is -2.11. The summed E-state index contributed by atoms with van der Waals surface area (Å²) in [6.07, 6.45) is 1.87. The summed E-state index contributed by atoms with van der Waals surface area (Å²) in [6, 6.07) is 4.75. The van der Waals surface area contributed by atoms with Crippen LogP contribution in [0.15, 0.2) is 33.6 Å². The fraction of sp³-hybridized carbons (Fsp3) is 0.278. The molecule has 3 aromatic rings. The Kier molecular flexibility index (Phi) is 5.51. The van der Waals surface area contributed by atoms with Crippen LogP contribution >= 0.6 is 22.9 Å². The summed E-state index contributed by atoms with van der Waals surface area (Å²) < 4.78 is 46.7. The predicted molar refractivity (Wildman–Crippen MR) is 110 cm³/mol. The van der Waals surface area contributed by atoms with Gasteiger partial charge in [-0.2, -0.15) is 0 Å². The molecule has 1 amide bonds. The first kappa shape index (κ1) is 20.8. The summed E-state index contributed by atoms with van der Waals surface area (Å²) in [7, 11) is -4.00. The first-order valence-electron chi connectivity index (χ1n) is 8.96. The van der Waals surface area contributed by atoms with E-state index in [0.717, 1.165) is 36.3 Å². The third kappa shape index (κ3) is 4.05. The molecule has 0 spiro atoms. The summed E-state index contributed by atoms with van der Waals surface area (Å²) in [4.78, 5) is 14.9. The minimum absolute atomic E-state index is 0.00601. The maximum Gasteiger partial charge on any atom is 0.311 e. The zero-order valence-corrected chi connectivity index (χ0v) is 18.1. The number of anilines is 1. The molecule has 1 saturated heterocycles. The molecule has 0 radical (unpaired) electrons. The van der Waals surface area contributed by atoms with Gasteiger partial charge in [0.1, 0.15) is 10.7 Å². The van der Waals surface area contributed by atoms with Gasteiger partial charge in [0, 0.05) is 18.0 Å². The number of sulfonamides is 1. The van der Waals surface area contributed by atoms with Crippen molar-refractivity contribution in [1.82, 2.24) is 15.1 Å². The molecule has 158 valence electrons. The minimum Gasteiger partial charge on any atom is -0.411 e. The van der Waals surface area contributed by atoms with Crippen molar-refractivity contribution >= 4 is 44.6 Å². The van der Waals surface area contributed by atoms with Gasteiger partial charge in [0.15, 0.2) is 0 Å². The fourth-order valence-electron chi connectivity index (χ4n) is 3.07. The molecule has 3 heterocycles. The molecule has 0 saturated carbocycles. The number of nitrogens with one attached hydrogen (secondary N) is 1. The van der Waals surface area contributed by atoms with Crippen molar-refractivity contribution in [3.05, 3.63) is 45.9 Å². The van der Waals surface area contributed by atoms with E-state index < -0.39 is 15.8 Å². The Bertz CT molecular complexity index is 1220. The van der Waals surface area contributed by atoms with Gasteiger partial charge in [0.2, 0.25) is 0 Å². The number of halogens is 2. The van der Waals surface area contributed by atoms with E-state index >= 15 is 0 Å². The van der Waals surface area contributed by atoms with Crippen LogP contribution in [0.5, 0.6) is 0 Å². The molecule has 2 aromatic heterocycles. The van der Waals surface area contributed by atoms with E-state index in [1.165, 1.54) is 12.1 Å². The second-order valence-electron chi connectivity index (χ2n) is 6.67. The predicted octanol–water partition coefficient (Wildman–Crippen LogP) is 3.94. The van der Waals surface area contributed by atoms with Gasteiger partial charge in [-0.3, -0.25) is 9.52 Å². The van der Waals surface area contributed by atoms with E-state index in [1.807, 2.05) is 0 Å². The Morgan fingerprint density at radius 3 is 2.70 bits per heavy atom. The number of hydrogen-bond acceptors (Lipinski definition) is 7. The third-order valence-electron chi connectivity index (χ3n) is 4.55. The summed E-state index contributed by atoms with van der Waals surface area (Å²) in [6.45, 7) is 2.92. The van der Waals surface area contributed by atoms with Crippen LogP contribution in [0.4, 0.5) is 10.1 Å². The molecule has 1 aromatic carbocycles. The van der Waals surface area contributed by atoms with Crippen LogP contribution in [-0.4, -0.2) is 42.5 Å². The molecule has 0 atom stereocenters. The largest absolute Gasteiger partial charge is 0.411 e. The number of thiophene rings is 1. The van der Waals surface area contributed by atoms with Gasteiger partial charge in [-0.15, -0.1) is 21.5 Å². The Labute approximate surface area is 180 Å². The molecule has 0 bridgehead atoms. The van der Waals surface area contributed by atoms with E-state index in [4.69, 9.17) is 16.0 Å². The van der Waals surface area contributed by atoms with Gasteiger partial charge >= 0.3 is 11.8 Å². The number of likely N-dealkylation sites (tertiary alicyclic amines) is 1. The molecule has 1 fully saturated rings. The Hall–Kier alpha value is -2.50. The highest BCUT2D eigenvalue weighted by Crippen LogP contribution is 2.34. The van der Waals surface area contributed by atoms with Crippen LogP contribution in [0.2, 0.25) is 5.02 Å². The SMILES string of the molecule is Cc1sc(-c2nnc(C(=O)N3CCCC3)o2)cc1S(=O)(=O)Nc1ccc(F)cc1Cl. The van der Waals surface area contributed by atoms with E-state index in [0.29, 0.717) is 22.8 Å². The van der Waals surface area contributed by atoms with Crippen LogP contribution in [-0.2, 0) is 10.0 Å². The summed E-state index contributed by atoms with van der Waals surface area (Å²) in [5, 5.41) is 7.64. The van der Waals surface area contributed by atoms with Crippen LogP contribution in [0.3, 0.4) is 0 Å². The molecule has 0 unspecified atom stereocenters. The summed E-state index contributed by atoms with van der Waals surface area (Å²) in [5.74, 6) is -0.974. The highest BCUT2D eigenvalue weighted by molar-refractivity contribution is 7.93.